The summed E-state index contributed by atoms with van der Waals surface area (Å²) in [6.45, 7) is 7.89. The number of aliphatic carboxylic acids is 3. The first kappa shape index (κ1) is 53.2. The number of carboxylic acid groups (broad SMARTS) is 3. The van der Waals surface area contributed by atoms with Crippen molar-refractivity contribution in [2.45, 2.75) is 128 Å². The summed E-state index contributed by atoms with van der Waals surface area (Å²) < 4.78 is 39.0. The highest BCUT2D eigenvalue weighted by molar-refractivity contribution is 6.30. The third-order valence-corrected chi connectivity index (χ3v) is 8.81. The Kier molecular flexibility index (Phi) is 21.3. The quantitative estimate of drug-likeness (QED) is 0.0626. The molecule has 0 spiro atoms. The summed E-state index contributed by atoms with van der Waals surface area (Å²) in [6, 6.07) is -4.25. The summed E-state index contributed by atoms with van der Waals surface area (Å²) in [4.78, 5) is 126. The number of carboxylic acids is 3. The monoisotopic (exact) mass is 892 g/mol. The molecule has 61 heavy (non-hydrogen) atoms. The Morgan fingerprint density at radius 2 is 1.16 bits per heavy atom. The van der Waals surface area contributed by atoms with E-state index in [1.54, 1.807) is 13.8 Å². The predicted molar refractivity (Wildman–Crippen MR) is 208 cm³/mol. The Morgan fingerprint density at radius 3 is 1.66 bits per heavy atom. The molecule has 340 valence electrons. The van der Waals surface area contributed by atoms with Crippen molar-refractivity contribution in [3.05, 3.63) is 34.9 Å². The molecule has 0 aliphatic carbocycles. The second-order valence-electron chi connectivity index (χ2n) is 15.6. The van der Waals surface area contributed by atoms with Crippen molar-refractivity contribution < 1.29 is 76.4 Å². The molecule has 0 aromatic heterocycles. The van der Waals surface area contributed by atoms with E-state index in [0.29, 0.717) is 10.6 Å². The lowest BCUT2D eigenvalue weighted by Crippen LogP contribution is -2.62. The van der Waals surface area contributed by atoms with Crippen LogP contribution in [0.25, 0.3) is 0 Å². The highest BCUT2D eigenvalue weighted by Gasteiger charge is 2.39. The number of hydrogen-bond donors (Lipinski definition) is 9. The molecule has 0 aliphatic heterocycles. The number of halogens is 4. The molecule has 1 aromatic rings. The number of carbonyl (C=O) groups excluding carboxylic acids is 7. The lowest BCUT2D eigenvalue weighted by molar-refractivity contribution is -0.147. The van der Waals surface area contributed by atoms with Crippen LogP contribution >= 0.6 is 11.6 Å². The number of nitrogens with one attached hydrogen (secondary N) is 6. The van der Waals surface area contributed by atoms with Gasteiger partial charge in [-0.25, -0.2) is 0 Å². The van der Waals surface area contributed by atoms with Crippen molar-refractivity contribution >= 4 is 71.2 Å². The molecule has 1 aromatic carbocycles. The van der Waals surface area contributed by atoms with Crippen LogP contribution in [0.15, 0.2) is 24.3 Å². The molecule has 0 fully saturated rings. The number of alkyl halides is 3. The average Bonchev–Trinajstić information content (AvgIpc) is 3.12. The fourth-order valence-electron chi connectivity index (χ4n) is 5.56. The number of benzene rings is 1. The molecule has 0 heterocycles. The summed E-state index contributed by atoms with van der Waals surface area (Å²) in [5.41, 5.74) is -0.753. The van der Waals surface area contributed by atoms with Crippen molar-refractivity contribution in [2.24, 2.45) is 11.3 Å². The topological polar surface area (TPSA) is 304 Å². The van der Waals surface area contributed by atoms with Crippen molar-refractivity contribution in [3.8, 4) is 0 Å². The van der Waals surface area contributed by atoms with E-state index in [9.17, 15) is 71.3 Å². The van der Waals surface area contributed by atoms with Gasteiger partial charge in [-0.1, -0.05) is 58.4 Å². The standard InChI is InChI=1S/C38H52ClF3N6O13/c1-19(2)14-24(33(58)43-22(18-49)17-38(40,41)42)47-36(61)31(37(3,4)5)48-35(60)25(15-20-6-8-21(39)9-7-20)46-32(57)23(10-12-28(51)52)45-34(59)26(16-30(55)56)44-27(50)11-13-29(53)54/h6-9,18-19,22-26,31H,10-17H2,1-5H3,(H,43,58)(H,44,50)(H,45,59)(H,46,57)(H,47,61)(H,48,60)(H,51,52)(H,53,54)(H,55,56)/t22?,23-,24-,25-,26-,31+/m0/s1. The van der Waals surface area contributed by atoms with E-state index in [1.165, 1.54) is 45.0 Å². The molecule has 0 saturated heterocycles. The smallest absolute Gasteiger partial charge is 0.391 e. The van der Waals surface area contributed by atoms with Crippen molar-refractivity contribution in [2.75, 3.05) is 0 Å². The van der Waals surface area contributed by atoms with Crippen LogP contribution in [-0.2, 0) is 54.4 Å². The van der Waals surface area contributed by atoms with E-state index < -0.39 is 140 Å². The number of hydrogen-bond acceptors (Lipinski definition) is 10. The molecule has 23 heteroatoms. The van der Waals surface area contributed by atoms with Gasteiger partial charge in [-0.15, -0.1) is 0 Å². The lowest BCUT2D eigenvalue weighted by Gasteiger charge is -2.33. The Balaban J connectivity index is 3.54. The molecule has 6 amide bonds. The van der Waals surface area contributed by atoms with Gasteiger partial charge in [0.25, 0.3) is 0 Å². The van der Waals surface area contributed by atoms with Crippen LogP contribution in [0.5, 0.6) is 0 Å². The zero-order valence-corrected chi connectivity index (χ0v) is 34.8. The molecular formula is C38H52ClF3N6O13. The lowest BCUT2D eigenvalue weighted by atomic mass is 9.85. The normalized spacial score (nSPS) is 14.5. The molecule has 0 aliphatic rings. The average molecular weight is 893 g/mol. The summed E-state index contributed by atoms with van der Waals surface area (Å²) in [7, 11) is 0. The van der Waals surface area contributed by atoms with E-state index in [4.69, 9.17) is 16.7 Å². The highest BCUT2D eigenvalue weighted by atomic mass is 35.5. The van der Waals surface area contributed by atoms with E-state index in [-0.39, 0.29) is 25.0 Å². The number of aldehydes is 1. The van der Waals surface area contributed by atoms with Gasteiger partial charge < -0.3 is 52.0 Å². The summed E-state index contributed by atoms with van der Waals surface area (Å²) in [6.07, 6.45) is -10.6. The minimum atomic E-state index is -4.80. The SMILES string of the molecule is CC(C)C[C@H](NC(=O)[C@@H](NC(=O)[C@H](Cc1ccc(Cl)cc1)NC(=O)[C@H](CCC(=O)O)NC(=O)[C@H](CC(=O)O)NC(=O)CCC(=O)O)C(C)(C)C)C(=O)NC(C=O)CC(F)(F)F. The fourth-order valence-corrected chi connectivity index (χ4v) is 5.69. The van der Waals surface area contributed by atoms with Crippen LogP contribution in [0, 0.1) is 11.3 Å². The Morgan fingerprint density at radius 1 is 0.656 bits per heavy atom. The zero-order valence-electron chi connectivity index (χ0n) is 34.0. The summed E-state index contributed by atoms with van der Waals surface area (Å²) in [5, 5.41) is 41.5. The van der Waals surface area contributed by atoms with Crippen LogP contribution in [-0.4, -0.2) is 117 Å². The van der Waals surface area contributed by atoms with Gasteiger partial charge in [-0.3, -0.25) is 43.2 Å². The van der Waals surface area contributed by atoms with Crippen LogP contribution in [0.4, 0.5) is 13.2 Å². The molecule has 0 radical (unpaired) electrons. The number of carbonyl (C=O) groups is 10. The van der Waals surface area contributed by atoms with Crippen LogP contribution < -0.4 is 31.9 Å². The predicted octanol–water partition coefficient (Wildman–Crippen LogP) is 1.24. The third kappa shape index (κ3) is 21.3. The van der Waals surface area contributed by atoms with Crippen LogP contribution in [0.3, 0.4) is 0 Å². The molecule has 19 nitrogen and oxygen atoms in total. The minimum Gasteiger partial charge on any atom is -0.481 e. The Bertz CT molecular complexity index is 1760. The Hall–Kier alpha value is -5.80. The van der Waals surface area contributed by atoms with Gasteiger partial charge >= 0.3 is 24.1 Å². The minimum absolute atomic E-state index is 0.0953. The van der Waals surface area contributed by atoms with Crippen molar-refractivity contribution in [1.29, 1.82) is 0 Å². The largest absolute Gasteiger partial charge is 0.481 e. The van der Waals surface area contributed by atoms with E-state index in [0.717, 1.165) is 0 Å². The molecule has 0 bridgehead atoms. The molecule has 1 rings (SSSR count). The maximum absolute atomic E-state index is 14.1. The first-order valence-corrected chi connectivity index (χ1v) is 19.2. The van der Waals surface area contributed by atoms with Gasteiger partial charge in [0.2, 0.25) is 35.4 Å². The molecule has 0 saturated carbocycles. The van der Waals surface area contributed by atoms with E-state index in [1.807, 2.05) is 5.32 Å². The molecular weight excluding hydrogens is 841 g/mol. The molecule has 1 unspecified atom stereocenters. The van der Waals surface area contributed by atoms with Gasteiger partial charge in [0.1, 0.15) is 36.5 Å². The van der Waals surface area contributed by atoms with Crippen molar-refractivity contribution in [1.82, 2.24) is 31.9 Å². The Labute approximate surface area is 353 Å². The van der Waals surface area contributed by atoms with Crippen molar-refractivity contribution in [3.63, 3.8) is 0 Å². The maximum atomic E-state index is 14.1. The second kappa shape index (κ2) is 24.5. The first-order chi connectivity index (χ1) is 28.1. The van der Waals surface area contributed by atoms with E-state index in [2.05, 4.69) is 26.6 Å². The third-order valence-electron chi connectivity index (χ3n) is 8.56. The molecule has 9 N–H and O–H groups in total. The van der Waals surface area contributed by atoms with Gasteiger partial charge in [0, 0.05) is 24.3 Å². The van der Waals surface area contributed by atoms with Gasteiger partial charge in [0.05, 0.1) is 25.3 Å². The zero-order chi connectivity index (χ0) is 46.8. The summed E-state index contributed by atoms with van der Waals surface area (Å²) in [5.74, 6) is -11.2. The van der Waals surface area contributed by atoms with E-state index >= 15 is 0 Å². The summed E-state index contributed by atoms with van der Waals surface area (Å²) >= 11 is 6.01. The maximum Gasteiger partial charge on any atom is 0.391 e. The van der Waals surface area contributed by atoms with Crippen LogP contribution in [0.1, 0.15) is 85.1 Å². The van der Waals surface area contributed by atoms with Gasteiger partial charge in [0.15, 0.2) is 0 Å². The molecule has 6 atom stereocenters. The van der Waals surface area contributed by atoms with Gasteiger partial charge in [-0.2, -0.15) is 13.2 Å². The number of rotatable bonds is 25. The van der Waals surface area contributed by atoms with Gasteiger partial charge in [-0.05, 0) is 41.9 Å². The highest BCUT2D eigenvalue weighted by Crippen LogP contribution is 2.23. The first-order valence-electron chi connectivity index (χ1n) is 18.8. The number of amides is 6. The fraction of sp³-hybridized carbons (Fsp3) is 0.579. The van der Waals surface area contributed by atoms with Crippen LogP contribution in [0.2, 0.25) is 5.02 Å². The second-order valence-corrected chi connectivity index (χ2v) is 16.0.